The molecule has 0 bridgehead atoms. The van der Waals surface area contributed by atoms with Crippen LogP contribution in [0.2, 0.25) is 0 Å². The van der Waals surface area contributed by atoms with Crippen LogP contribution in [-0.4, -0.2) is 80.8 Å². The Kier molecular flexibility index (Phi) is 8.09. The largest absolute Gasteiger partial charge is 0.386 e. The van der Waals surface area contributed by atoms with E-state index in [-0.39, 0.29) is 0 Å². The van der Waals surface area contributed by atoms with E-state index in [4.69, 9.17) is 0 Å². The van der Waals surface area contributed by atoms with Crippen LogP contribution in [0.25, 0.3) is 10.1 Å². The summed E-state index contributed by atoms with van der Waals surface area (Å²) in [6.07, 6.45) is 1.78. The molecule has 0 aliphatic carbocycles. The zero-order chi connectivity index (χ0) is 19.8. The summed E-state index contributed by atoms with van der Waals surface area (Å²) in [5.41, 5.74) is 0. The van der Waals surface area contributed by atoms with E-state index in [0.29, 0.717) is 6.54 Å². The second-order valence-electron chi connectivity index (χ2n) is 7.43. The first-order chi connectivity index (χ1) is 13.7. The van der Waals surface area contributed by atoms with E-state index in [0.717, 1.165) is 23.8 Å². The maximum atomic E-state index is 10.5. The van der Waals surface area contributed by atoms with Gasteiger partial charge in [-0.05, 0) is 44.0 Å². The number of fused-ring (bicyclic) bond motifs is 1. The zero-order valence-corrected chi connectivity index (χ0v) is 17.8. The van der Waals surface area contributed by atoms with Crippen LogP contribution in [0.1, 0.15) is 23.8 Å². The van der Waals surface area contributed by atoms with E-state index in [1.165, 1.54) is 49.2 Å². The van der Waals surface area contributed by atoms with Crippen molar-refractivity contribution in [2.24, 2.45) is 4.99 Å². The number of unbranched alkanes of at least 4 members (excludes halogenated alkanes) is 1. The van der Waals surface area contributed by atoms with E-state index in [2.05, 4.69) is 50.7 Å². The van der Waals surface area contributed by atoms with Crippen LogP contribution in [0.5, 0.6) is 0 Å². The van der Waals surface area contributed by atoms with Crippen LogP contribution in [0.4, 0.5) is 0 Å². The molecule has 1 aliphatic rings. The number of hydrogen-bond donors (Lipinski definition) is 3. The molecular weight excluding hydrogens is 370 g/mol. The minimum Gasteiger partial charge on any atom is -0.386 e. The van der Waals surface area contributed by atoms with Crippen LogP contribution in [-0.2, 0) is 0 Å². The monoisotopic (exact) mass is 403 g/mol. The quantitative estimate of drug-likeness (QED) is 0.358. The number of aliphatic hydroxyl groups excluding tert-OH is 1. The summed E-state index contributed by atoms with van der Waals surface area (Å²) in [6, 6.07) is 10.3. The normalized spacial score (nSPS) is 17.8. The number of rotatable bonds is 8. The molecule has 154 valence electrons. The molecule has 28 heavy (non-hydrogen) atoms. The first kappa shape index (κ1) is 21.0. The zero-order valence-electron chi connectivity index (χ0n) is 17.0. The molecule has 1 aromatic carbocycles. The van der Waals surface area contributed by atoms with Crippen molar-refractivity contribution in [1.29, 1.82) is 0 Å². The van der Waals surface area contributed by atoms with Crippen molar-refractivity contribution >= 4 is 27.4 Å². The number of aliphatic hydroxyl groups is 1. The molecule has 1 atom stereocenters. The molecule has 0 radical (unpaired) electrons. The van der Waals surface area contributed by atoms with Crippen molar-refractivity contribution in [1.82, 2.24) is 20.4 Å². The second-order valence-corrected chi connectivity index (χ2v) is 8.55. The fourth-order valence-electron chi connectivity index (χ4n) is 3.42. The van der Waals surface area contributed by atoms with Crippen molar-refractivity contribution in [3.8, 4) is 0 Å². The Morgan fingerprint density at radius 2 is 1.96 bits per heavy atom. The van der Waals surface area contributed by atoms with Gasteiger partial charge in [0, 0.05) is 55.9 Å². The summed E-state index contributed by atoms with van der Waals surface area (Å²) < 4.78 is 1.21. The number of likely N-dealkylation sites (N-methyl/N-ethyl adjacent to an activating group) is 1. The molecule has 1 fully saturated rings. The SMILES string of the molecule is CN=C(NCCCCN1CCN(C)CC1)NCC(O)c1cc2ccccc2s1. The third-order valence-electron chi connectivity index (χ3n) is 5.25. The highest BCUT2D eigenvalue weighted by molar-refractivity contribution is 7.19. The maximum absolute atomic E-state index is 10.5. The Labute approximate surface area is 172 Å². The number of nitrogens with one attached hydrogen (secondary N) is 2. The topological polar surface area (TPSA) is 63.1 Å². The van der Waals surface area contributed by atoms with Crippen molar-refractivity contribution < 1.29 is 5.11 Å². The Bertz CT molecular complexity index is 721. The third-order valence-corrected chi connectivity index (χ3v) is 6.47. The average Bonchev–Trinajstić information content (AvgIpc) is 3.15. The Morgan fingerprint density at radius 1 is 1.18 bits per heavy atom. The third kappa shape index (κ3) is 6.17. The van der Waals surface area contributed by atoms with E-state index in [1.54, 1.807) is 18.4 Å². The van der Waals surface area contributed by atoms with Crippen LogP contribution < -0.4 is 10.6 Å². The van der Waals surface area contributed by atoms with Crippen molar-refractivity contribution in [3.05, 3.63) is 35.2 Å². The molecule has 1 aliphatic heterocycles. The summed E-state index contributed by atoms with van der Waals surface area (Å²) in [7, 11) is 3.96. The lowest BCUT2D eigenvalue weighted by molar-refractivity contribution is 0.152. The van der Waals surface area contributed by atoms with Gasteiger partial charge in [0.25, 0.3) is 0 Å². The molecule has 3 rings (SSSR count). The number of hydrogen-bond acceptors (Lipinski definition) is 5. The van der Waals surface area contributed by atoms with Crippen LogP contribution in [0.15, 0.2) is 35.3 Å². The molecule has 3 N–H and O–H groups in total. The molecule has 1 aromatic heterocycles. The van der Waals surface area contributed by atoms with Gasteiger partial charge in [0.05, 0.1) is 0 Å². The number of guanidine groups is 1. The molecule has 0 amide bonds. The van der Waals surface area contributed by atoms with Gasteiger partial charge in [0.1, 0.15) is 6.10 Å². The number of thiophene rings is 1. The Hall–Kier alpha value is -1.67. The highest BCUT2D eigenvalue weighted by Gasteiger charge is 2.13. The highest BCUT2D eigenvalue weighted by Crippen LogP contribution is 2.29. The van der Waals surface area contributed by atoms with Gasteiger partial charge in [0.15, 0.2) is 5.96 Å². The molecule has 7 heteroatoms. The average molecular weight is 404 g/mol. The van der Waals surface area contributed by atoms with Gasteiger partial charge < -0.3 is 25.5 Å². The smallest absolute Gasteiger partial charge is 0.191 e. The van der Waals surface area contributed by atoms with Crippen LogP contribution in [0, 0.1) is 0 Å². The molecule has 2 heterocycles. The minimum absolute atomic E-state index is 0.452. The summed E-state index contributed by atoms with van der Waals surface area (Å²) in [4.78, 5) is 10.2. The second kappa shape index (κ2) is 10.8. The molecule has 0 saturated carbocycles. The van der Waals surface area contributed by atoms with E-state index < -0.39 is 6.10 Å². The summed E-state index contributed by atoms with van der Waals surface area (Å²) in [5, 5.41) is 18.3. The van der Waals surface area contributed by atoms with Gasteiger partial charge >= 0.3 is 0 Å². The molecule has 1 saturated heterocycles. The molecule has 2 aromatic rings. The predicted molar refractivity (Wildman–Crippen MR) is 119 cm³/mol. The first-order valence-electron chi connectivity index (χ1n) is 10.2. The lowest BCUT2D eigenvalue weighted by atomic mass is 10.2. The first-order valence-corrected chi connectivity index (χ1v) is 11.0. The Morgan fingerprint density at radius 3 is 2.71 bits per heavy atom. The molecule has 0 spiro atoms. The van der Waals surface area contributed by atoms with Gasteiger partial charge in [-0.1, -0.05) is 18.2 Å². The van der Waals surface area contributed by atoms with E-state index >= 15 is 0 Å². The van der Waals surface area contributed by atoms with E-state index in [1.807, 2.05) is 12.1 Å². The Balaban J connectivity index is 1.33. The lowest BCUT2D eigenvalue weighted by Crippen LogP contribution is -2.44. The van der Waals surface area contributed by atoms with Gasteiger partial charge in [-0.2, -0.15) is 0 Å². The van der Waals surface area contributed by atoms with Crippen molar-refractivity contribution in [2.75, 3.05) is 59.9 Å². The molecule has 6 nitrogen and oxygen atoms in total. The summed E-state index contributed by atoms with van der Waals surface area (Å²) in [6.45, 7) is 7.24. The van der Waals surface area contributed by atoms with Crippen LogP contribution in [0.3, 0.4) is 0 Å². The highest BCUT2D eigenvalue weighted by atomic mass is 32.1. The number of aliphatic imine (C=N–C) groups is 1. The minimum atomic E-state index is -0.534. The predicted octanol–water partition coefficient (Wildman–Crippen LogP) is 2.13. The summed E-state index contributed by atoms with van der Waals surface area (Å²) in [5.74, 6) is 0.750. The summed E-state index contributed by atoms with van der Waals surface area (Å²) >= 11 is 1.64. The van der Waals surface area contributed by atoms with E-state index in [9.17, 15) is 5.11 Å². The standard InChI is InChI=1S/C21H33N5OS/c1-22-21(23-9-5-6-10-26-13-11-25(2)12-14-26)24-16-18(27)20-15-17-7-3-4-8-19(17)28-20/h3-4,7-8,15,18,27H,5-6,9-14,16H2,1-2H3,(H2,22,23,24). The number of piperazine rings is 1. The maximum Gasteiger partial charge on any atom is 0.191 e. The van der Waals surface area contributed by atoms with Gasteiger partial charge in [-0.15, -0.1) is 11.3 Å². The van der Waals surface area contributed by atoms with Crippen molar-refractivity contribution in [3.63, 3.8) is 0 Å². The van der Waals surface area contributed by atoms with Crippen LogP contribution >= 0.6 is 11.3 Å². The van der Waals surface area contributed by atoms with Crippen molar-refractivity contribution in [2.45, 2.75) is 18.9 Å². The lowest BCUT2D eigenvalue weighted by Gasteiger charge is -2.32. The number of benzene rings is 1. The van der Waals surface area contributed by atoms with Gasteiger partial charge in [0.2, 0.25) is 0 Å². The fourth-order valence-corrected chi connectivity index (χ4v) is 4.47. The fraction of sp³-hybridized carbons (Fsp3) is 0.571. The molecular formula is C21H33N5OS. The van der Waals surface area contributed by atoms with Gasteiger partial charge in [-0.25, -0.2) is 0 Å². The number of nitrogens with zero attached hydrogens (tertiary/aromatic N) is 3. The molecule has 1 unspecified atom stereocenters. The van der Waals surface area contributed by atoms with Gasteiger partial charge in [-0.3, -0.25) is 4.99 Å².